The monoisotopic (exact) mass is 256 g/mol. The van der Waals surface area contributed by atoms with Crippen molar-refractivity contribution in [1.29, 1.82) is 0 Å². The summed E-state index contributed by atoms with van der Waals surface area (Å²) in [5, 5.41) is 6.50. The Morgan fingerprint density at radius 2 is 1.89 bits per heavy atom. The maximum Gasteiger partial charge on any atom is 0.229 e. The Morgan fingerprint density at radius 1 is 1.05 bits per heavy atom. The minimum absolute atomic E-state index is 0.617. The maximum absolute atomic E-state index is 4.43. The van der Waals surface area contributed by atoms with E-state index in [1.807, 2.05) is 36.4 Å². The van der Waals surface area contributed by atoms with Crippen molar-refractivity contribution in [3.8, 4) is 0 Å². The molecular weight excluding hydrogens is 236 g/mol. The third kappa shape index (κ3) is 4.58. The Hall–Kier alpha value is -2.10. The number of para-hydroxylation sites is 1. The van der Waals surface area contributed by atoms with Crippen LogP contribution in [0, 0.1) is 0 Å². The average Bonchev–Trinajstić information content (AvgIpc) is 2.45. The zero-order valence-electron chi connectivity index (χ0n) is 11.3. The summed E-state index contributed by atoms with van der Waals surface area (Å²) in [6, 6.07) is 11.8. The van der Waals surface area contributed by atoms with Gasteiger partial charge in [0.1, 0.15) is 5.82 Å². The number of aromatic nitrogens is 2. The summed E-state index contributed by atoms with van der Waals surface area (Å²) < 4.78 is 0. The molecule has 2 aromatic rings. The Bertz CT molecular complexity index is 485. The van der Waals surface area contributed by atoms with Gasteiger partial charge in [0.15, 0.2) is 0 Å². The first-order chi connectivity index (χ1) is 9.38. The third-order valence-corrected chi connectivity index (χ3v) is 2.77. The molecular formula is C15H20N4. The lowest BCUT2D eigenvalue weighted by molar-refractivity contribution is 0.742. The van der Waals surface area contributed by atoms with Crippen molar-refractivity contribution < 1.29 is 0 Å². The van der Waals surface area contributed by atoms with Crippen LogP contribution >= 0.6 is 0 Å². The number of benzene rings is 1. The average molecular weight is 256 g/mol. The lowest BCUT2D eigenvalue weighted by atomic mass is 10.2. The molecule has 1 heterocycles. The molecule has 1 aromatic heterocycles. The summed E-state index contributed by atoms with van der Waals surface area (Å²) in [5.41, 5.74) is 0.991. The maximum atomic E-state index is 4.43. The van der Waals surface area contributed by atoms with E-state index in [-0.39, 0.29) is 0 Å². The summed E-state index contributed by atoms with van der Waals surface area (Å²) in [7, 11) is 0. The second-order valence-corrected chi connectivity index (χ2v) is 4.39. The summed E-state index contributed by atoms with van der Waals surface area (Å²) in [4.78, 5) is 8.65. The summed E-state index contributed by atoms with van der Waals surface area (Å²) >= 11 is 0. The molecule has 0 saturated heterocycles. The van der Waals surface area contributed by atoms with E-state index in [0.29, 0.717) is 5.95 Å². The molecule has 0 fully saturated rings. The van der Waals surface area contributed by atoms with Crippen molar-refractivity contribution in [3.05, 3.63) is 42.6 Å². The molecule has 0 spiro atoms. The van der Waals surface area contributed by atoms with Gasteiger partial charge in [0.05, 0.1) is 0 Å². The SMILES string of the molecule is CCCCCNc1ccnc(Nc2ccccc2)n1. The van der Waals surface area contributed by atoms with E-state index in [9.17, 15) is 0 Å². The van der Waals surface area contributed by atoms with Crippen molar-refractivity contribution in [3.63, 3.8) is 0 Å². The normalized spacial score (nSPS) is 10.2. The van der Waals surface area contributed by atoms with Crippen molar-refractivity contribution in [2.24, 2.45) is 0 Å². The molecule has 1 aromatic carbocycles. The number of nitrogens with one attached hydrogen (secondary N) is 2. The zero-order chi connectivity index (χ0) is 13.3. The lowest BCUT2D eigenvalue weighted by Crippen LogP contribution is -2.05. The van der Waals surface area contributed by atoms with E-state index in [1.54, 1.807) is 6.20 Å². The highest BCUT2D eigenvalue weighted by atomic mass is 15.1. The first kappa shape index (κ1) is 13.3. The standard InChI is InChI=1S/C15H20N4/c1-2-3-7-11-16-14-10-12-17-15(19-14)18-13-8-5-4-6-9-13/h4-6,8-10,12H,2-3,7,11H2,1H3,(H2,16,17,18,19). The zero-order valence-corrected chi connectivity index (χ0v) is 11.3. The Balaban J connectivity index is 1.91. The molecule has 4 heteroatoms. The molecule has 0 aliphatic heterocycles. The van der Waals surface area contributed by atoms with E-state index < -0.39 is 0 Å². The van der Waals surface area contributed by atoms with Gasteiger partial charge in [-0.05, 0) is 24.6 Å². The smallest absolute Gasteiger partial charge is 0.229 e. The van der Waals surface area contributed by atoms with Gasteiger partial charge in [-0.15, -0.1) is 0 Å². The molecule has 0 aliphatic rings. The Morgan fingerprint density at radius 3 is 2.68 bits per heavy atom. The van der Waals surface area contributed by atoms with Crippen LogP contribution in [-0.4, -0.2) is 16.5 Å². The minimum atomic E-state index is 0.617. The largest absolute Gasteiger partial charge is 0.370 e. The van der Waals surface area contributed by atoms with Crippen LogP contribution in [0.3, 0.4) is 0 Å². The van der Waals surface area contributed by atoms with Gasteiger partial charge in [-0.2, -0.15) is 4.98 Å². The van der Waals surface area contributed by atoms with E-state index in [4.69, 9.17) is 0 Å². The second-order valence-electron chi connectivity index (χ2n) is 4.39. The van der Waals surface area contributed by atoms with E-state index in [0.717, 1.165) is 18.1 Å². The first-order valence-electron chi connectivity index (χ1n) is 6.77. The number of hydrogen-bond acceptors (Lipinski definition) is 4. The van der Waals surface area contributed by atoms with Crippen molar-refractivity contribution in [2.45, 2.75) is 26.2 Å². The van der Waals surface area contributed by atoms with Gasteiger partial charge in [-0.3, -0.25) is 0 Å². The molecule has 4 nitrogen and oxygen atoms in total. The number of rotatable bonds is 7. The summed E-state index contributed by atoms with van der Waals surface area (Å²) in [6.45, 7) is 3.15. The fourth-order valence-electron chi connectivity index (χ4n) is 1.76. The highest BCUT2D eigenvalue weighted by Gasteiger charge is 1.99. The molecule has 0 bridgehead atoms. The molecule has 0 aliphatic carbocycles. The fourth-order valence-corrected chi connectivity index (χ4v) is 1.76. The lowest BCUT2D eigenvalue weighted by Gasteiger charge is -2.08. The highest BCUT2D eigenvalue weighted by molar-refractivity contribution is 5.54. The molecule has 100 valence electrons. The number of unbranched alkanes of at least 4 members (excludes halogenated alkanes) is 2. The minimum Gasteiger partial charge on any atom is -0.370 e. The first-order valence-corrected chi connectivity index (χ1v) is 6.77. The summed E-state index contributed by atoms with van der Waals surface area (Å²) in [5.74, 6) is 1.48. The van der Waals surface area contributed by atoms with Gasteiger partial charge in [0.2, 0.25) is 5.95 Å². The number of anilines is 3. The van der Waals surface area contributed by atoms with Gasteiger partial charge in [-0.25, -0.2) is 4.98 Å². The van der Waals surface area contributed by atoms with Gasteiger partial charge >= 0.3 is 0 Å². The molecule has 0 unspecified atom stereocenters. The van der Waals surface area contributed by atoms with Crippen LogP contribution in [0.5, 0.6) is 0 Å². The predicted molar refractivity (Wildman–Crippen MR) is 79.8 cm³/mol. The van der Waals surface area contributed by atoms with Gasteiger partial charge in [-0.1, -0.05) is 38.0 Å². The Labute approximate surface area is 114 Å². The third-order valence-electron chi connectivity index (χ3n) is 2.77. The molecule has 0 atom stereocenters. The predicted octanol–water partition coefficient (Wildman–Crippen LogP) is 3.82. The van der Waals surface area contributed by atoms with Crippen LogP contribution in [0.25, 0.3) is 0 Å². The van der Waals surface area contributed by atoms with Gasteiger partial charge in [0, 0.05) is 18.4 Å². The quantitative estimate of drug-likeness (QED) is 0.739. The van der Waals surface area contributed by atoms with Crippen LogP contribution < -0.4 is 10.6 Å². The van der Waals surface area contributed by atoms with E-state index in [1.165, 1.54) is 19.3 Å². The van der Waals surface area contributed by atoms with Crippen LogP contribution in [0.15, 0.2) is 42.6 Å². The number of hydrogen-bond donors (Lipinski definition) is 2. The van der Waals surface area contributed by atoms with Crippen LogP contribution in [-0.2, 0) is 0 Å². The van der Waals surface area contributed by atoms with Crippen LogP contribution in [0.4, 0.5) is 17.5 Å². The van der Waals surface area contributed by atoms with Crippen molar-refractivity contribution >= 4 is 17.5 Å². The van der Waals surface area contributed by atoms with Crippen LogP contribution in [0.2, 0.25) is 0 Å². The van der Waals surface area contributed by atoms with E-state index in [2.05, 4.69) is 27.5 Å². The van der Waals surface area contributed by atoms with Crippen molar-refractivity contribution in [1.82, 2.24) is 9.97 Å². The van der Waals surface area contributed by atoms with Gasteiger partial charge < -0.3 is 10.6 Å². The Kier molecular flexibility index (Phi) is 5.17. The molecule has 0 radical (unpaired) electrons. The molecule has 0 amide bonds. The molecule has 2 rings (SSSR count). The van der Waals surface area contributed by atoms with Gasteiger partial charge in [0.25, 0.3) is 0 Å². The van der Waals surface area contributed by atoms with Crippen molar-refractivity contribution in [2.75, 3.05) is 17.2 Å². The topological polar surface area (TPSA) is 49.8 Å². The fraction of sp³-hybridized carbons (Fsp3) is 0.333. The van der Waals surface area contributed by atoms with E-state index >= 15 is 0 Å². The molecule has 2 N–H and O–H groups in total. The van der Waals surface area contributed by atoms with Crippen LogP contribution in [0.1, 0.15) is 26.2 Å². The summed E-state index contributed by atoms with van der Waals surface area (Å²) in [6.07, 6.45) is 5.40. The molecule has 0 saturated carbocycles. The molecule has 19 heavy (non-hydrogen) atoms. The second kappa shape index (κ2) is 7.36. The highest BCUT2D eigenvalue weighted by Crippen LogP contribution is 2.13. The number of nitrogens with zero attached hydrogens (tertiary/aromatic N) is 2.